The highest BCUT2D eigenvalue weighted by Gasteiger charge is 2.18. The average molecular weight is 343 g/mol. The normalized spacial score (nSPS) is 10.2. The first-order chi connectivity index (χ1) is 9.43. The molecule has 0 unspecified atom stereocenters. The summed E-state index contributed by atoms with van der Waals surface area (Å²) in [5.41, 5.74) is 5.19. The molecule has 0 saturated carbocycles. The van der Waals surface area contributed by atoms with E-state index in [1.165, 1.54) is 6.07 Å². The summed E-state index contributed by atoms with van der Waals surface area (Å²) in [7, 11) is 0. The maximum atomic E-state index is 13.7. The first kappa shape index (κ1) is 14.2. The van der Waals surface area contributed by atoms with E-state index >= 15 is 0 Å². The van der Waals surface area contributed by atoms with Gasteiger partial charge in [0.2, 0.25) is 5.82 Å². The maximum absolute atomic E-state index is 13.7. The van der Waals surface area contributed by atoms with Gasteiger partial charge in [0.1, 0.15) is 17.6 Å². The number of benzene rings is 2. The van der Waals surface area contributed by atoms with Gasteiger partial charge < -0.3 is 10.5 Å². The number of ether oxygens (including phenoxy) is 1. The summed E-state index contributed by atoms with van der Waals surface area (Å²) in [6.07, 6.45) is 0. The fraction of sp³-hybridized carbons (Fsp3) is 0. The molecular weight excluding hydrogens is 337 g/mol. The Labute approximate surface area is 120 Å². The Morgan fingerprint density at radius 1 is 1.15 bits per heavy atom. The van der Waals surface area contributed by atoms with Crippen molar-refractivity contribution in [1.82, 2.24) is 0 Å². The lowest BCUT2D eigenvalue weighted by atomic mass is 10.2. The zero-order valence-electron chi connectivity index (χ0n) is 9.75. The van der Waals surface area contributed by atoms with E-state index in [0.717, 1.165) is 18.2 Å². The molecule has 0 atom stereocenters. The first-order valence-corrected chi connectivity index (χ1v) is 6.03. The molecule has 0 spiro atoms. The van der Waals surface area contributed by atoms with Crippen molar-refractivity contribution in [1.29, 1.82) is 5.26 Å². The summed E-state index contributed by atoms with van der Waals surface area (Å²) >= 11 is 2.80. The lowest BCUT2D eigenvalue weighted by Gasteiger charge is -2.11. The molecule has 0 aliphatic heterocycles. The molecule has 0 amide bonds. The largest absolute Gasteiger partial charge is 0.452 e. The van der Waals surface area contributed by atoms with Gasteiger partial charge in [0.15, 0.2) is 11.6 Å². The van der Waals surface area contributed by atoms with E-state index in [1.807, 2.05) is 0 Å². The van der Waals surface area contributed by atoms with E-state index in [-0.39, 0.29) is 21.5 Å². The number of nitriles is 1. The number of halogens is 4. The minimum absolute atomic E-state index is 0.103. The number of anilines is 1. The van der Waals surface area contributed by atoms with Gasteiger partial charge in [-0.25, -0.2) is 8.78 Å². The Morgan fingerprint density at radius 3 is 2.45 bits per heavy atom. The smallest absolute Gasteiger partial charge is 0.204 e. The third-order valence-corrected chi connectivity index (χ3v) is 3.00. The molecule has 0 bridgehead atoms. The minimum atomic E-state index is -1.29. The highest BCUT2D eigenvalue weighted by Crippen LogP contribution is 2.35. The molecule has 0 saturated heterocycles. The van der Waals surface area contributed by atoms with Gasteiger partial charge in [-0.05, 0) is 34.1 Å². The number of hydrogen-bond acceptors (Lipinski definition) is 3. The van der Waals surface area contributed by atoms with E-state index in [9.17, 15) is 13.2 Å². The molecule has 0 radical (unpaired) electrons. The van der Waals surface area contributed by atoms with Crippen LogP contribution < -0.4 is 10.5 Å². The van der Waals surface area contributed by atoms with Crippen LogP contribution in [0.4, 0.5) is 18.9 Å². The van der Waals surface area contributed by atoms with Gasteiger partial charge in [-0.1, -0.05) is 0 Å². The van der Waals surface area contributed by atoms with Crippen LogP contribution >= 0.6 is 15.9 Å². The molecule has 0 aromatic heterocycles. The van der Waals surface area contributed by atoms with Crippen molar-refractivity contribution in [2.75, 3.05) is 5.73 Å². The molecule has 0 aliphatic rings. The zero-order chi connectivity index (χ0) is 14.9. The van der Waals surface area contributed by atoms with Crippen molar-refractivity contribution in [3.05, 3.63) is 51.8 Å². The van der Waals surface area contributed by atoms with Crippen molar-refractivity contribution in [2.24, 2.45) is 0 Å². The van der Waals surface area contributed by atoms with E-state index in [4.69, 9.17) is 15.7 Å². The number of nitrogen functional groups attached to an aromatic ring is 1. The molecule has 2 rings (SSSR count). The molecule has 2 N–H and O–H groups in total. The molecule has 0 heterocycles. The molecule has 2 aromatic rings. The van der Waals surface area contributed by atoms with Gasteiger partial charge in [0, 0.05) is 6.07 Å². The summed E-state index contributed by atoms with van der Waals surface area (Å²) in [4.78, 5) is 0. The second kappa shape index (κ2) is 5.43. The van der Waals surface area contributed by atoms with Gasteiger partial charge in [-0.2, -0.15) is 9.65 Å². The number of rotatable bonds is 2. The van der Waals surface area contributed by atoms with Crippen molar-refractivity contribution < 1.29 is 17.9 Å². The van der Waals surface area contributed by atoms with Crippen LogP contribution in [-0.4, -0.2) is 0 Å². The third-order valence-electron chi connectivity index (χ3n) is 2.43. The van der Waals surface area contributed by atoms with E-state index in [0.29, 0.717) is 0 Å². The summed E-state index contributed by atoms with van der Waals surface area (Å²) in [6, 6.07) is 6.06. The monoisotopic (exact) mass is 342 g/mol. The van der Waals surface area contributed by atoms with Crippen LogP contribution in [-0.2, 0) is 0 Å². The second-order valence-electron chi connectivity index (χ2n) is 3.76. The Bertz CT molecular complexity index is 729. The molecule has 20 heavy (non-hydrogen) atoms. The van der Waals surface area contributed by atoms with Crippen LogP contribution in [0.2, 0.25) is 0 Å². The van der Waals surface area contributed by atoms with Crippen LogP contribution in [0.25, 0.3) is 0 Å². The Hall–Kier alpha value is -2.20. The fourth-order valence-corrected chi connectivity index (χ4v) is 1.89. The van der Waals surface area contributed by atoms with Crippen molar-refractivity contribution in [3.63, 3.8) is 0 Å². The zero-order valence-corrected chi connectivity index (χ0v) is 11.3. The molecule has 0 fully saturated rings. The van der Waals surface area contributed by atoms with E-state index in [2.05, 4.69) is 15.9 Å². The van der Waals surface area contributed by atoms with Gasteiger partial charge in [-0.3, -0.25) is 0 Å². The van der Waals surface area contributed by atoms with Gasteiger partial charge in [-0.15, -0.1) is 0 Å². The summed E-state index contributed by atoms with van der Waals surface area (Å²) < 4.78 is 45.4. The summed E-state index contributed by atoms with van der Waals surface area (Å²) in [5.74, 6) is -3.94. The molecule has 102 valence electrons. The highest BCUT2D eigenvalue weighted by atomic mass is 79.9. The Balaban J connectivity index is 2.43. The van der Waals surface area contributed by atoms with Crippen molar-refractivity contribution in [3.8, 4) is 17.6 Å². The van der Waals surface area contributed by atoms with Crippen LogP contribution in [0, 0.1) is 28.8 Å². The molecule has 0 aliphatic carbocycles. The molecule has 7 heteroatoms. The van der Waals surface area contributed by atoms with Crippen LogP contribution in [0.1, 0.15) is 5.56 Å². The topological polar surface area (TPSA) is 59.0 Å². The average Bonchev–Trinajstić information content (AvgIpc) is 2.41. The predicted molar refractivity (Wildman–Crippen MR) is 69.7 cm³/mol. The number of hydrogen-bond donors (Lipinski definition) is 1. The summed E-state index contributed by atoms with van der Waals surface area (Å²) in [5, 5.41) is 8.59. The lowest BCUT2D eigenvalue weighted by Crippen LogP contribution is -1.99. The Morgan fingerprint density at radius 2 is 1.85 bits per heavy atom. The lowest BCUT2D eigenvalue weighted by molar-refractivity contribution is 0.414. The highest BCUT2D eigenvalue weighted by molar-refractivity contribution is 9.10. The van der Waals surface area contributed by atoms with E-state index < -0.39 is 23.2 Å². The number of nitrogens with two attached hydrogens (primary N) is 1. The van der Waals surface area contributed by atoms with E-state index in [1.54, 1.807) is 6.07 Å². The fourth-order valence-electron chi connectivity index (χ4n) is 1.47. The van der Waals surface area contributed by atoms with Gasteiger partial charge >= 0.3 is 0 Å². The third kappa shape index (κ3) is 2.56. The molecule has 3 nitrogen and oxygen atoms in total. The van der Waals surface area contributed by atoms with Crippen LogP contribution in [0.15, 0.2) is 28.7 Å². The minimum Gasteiger partial charge on any atom is -0.452 e. The maximum Gasteiger partial charge on any atom is 0.204 e. The number of nitrogens with zero attached hydrogens (tertiary/aromatic N) is 1. The van der Waals surface area contributed by atoms with Gasteiger partial charge in [0.25, 0.3) is 0 Å². The van der Waals surface area contributed by atoms with Gasteiger partial charge in [0.05, 0.1) is 15.7 Å². The van der Waals surface area contributed by atoms with Crippen LogP contribution in [0.3, 0.4) is 0 Å². The second-order valence-corrected chi connectivity index (χ2v) is 4.61. The summed E-state index contributed by atoms with van der Waals surface area (Å²) in [6.45, 7) is 0. The standard InChI is InChI=1S/C13H6BrF3N2O/c14-8-4-10(19)13(12(17)11(8)16)20-7-2-1-6(5-18)9(15)3-7/h1-4H,19H2. The quantitative estimate of drug-likeness (QED) is 0.659. The van der Waals surface area contributed by atoms with Crippen molar-refractivity contribution in [2.45, 2.75) is 0 Å². The first-order valence-electron chi connectivity index (χ1n) is 5.24. The Kier molecular flexibility index (Phi) is 3.86. The molecular formula is C13H6BrF3N2O. The SMILES string of the molecule is N#Cc1ccc(Oc2c(N)cc(Br)c(F)c2F)cc1F. The molecule has 2 aromatic carbocycles. The predicted octanol–water partition coefficient (Wildman–Crippen LogP) is 4.11. The van der Waals surface area contributed by atoms with Crippen LogP contribution in [0.5, 0.6) is 11.5 Å². The van der Waals surface area contributed by atoms with Crippen molar-refractivity contribution >= 4 is 21.6 Å².